The molecule has 2 fully saturated rings. The summed E-state index contributed by atoms with van der Waals surface area (Å²) in [5.41, 5.74) is 0.671. The summed E-state index contributed by atoms with van der Waals surface area (Å²) in [5.74, 6) is 0.370. The van der Waals surface area contributed by atoms with E-state index < -0.39 is 5.66 Å². The molecule has 4 rings (SSSR count). The summed E-state index contributed by atoms with van der Waals surface area (Å²) in [6.45, 7) is 0.810. The van der Waals surface area contributed by atoms with Gasteiger partial charge in [-0.15, -0.1) is 0 Å². The first-order valence-corrected chi connectivity index (χ1v) is 11.4. The highest BCUT2D eigenvalue weighted by Crippen LogP contribution is 2.39. The largest absolute Gasteiger partial charge is 0.354 e. The Morgan fingerprint density at radius 3 is 2.41 bits per heavy atom. The van der Waals surface area contributed by atoms with Crippen LogP contribution in [0, 0.1) is 5.92 Å². The highest BCUT2D eigenvalue weighted by atomic mass is 35.5. The van der Waals surface area contributed by atoms with E-state index in [0.29, 0.717) is 16.7 Å². The zero-order valence-corrected chi connectivity index (χ0v) is 17.7. The van der Waals surface area contributed by atoms with Crippen molar-refractivity contribution in [1.29, 1.82) is 0 Å². The molecule has 1 aromatic carbocycles. The van der Waals surface area contributed by atoms with Gasteiger partial charge < -0.3 is 10.2 Å². The number of hydrogen-bond acceptors (Lipinski definition) is 3. The van der Waals surface area contributed by atoms with E-state index in [0.717, 1.165) is 44.2 Å². The van der Waals surface area contributed by atoms with Crippen LogP contribution >= 0.6 is 11.6 Å². The lowest BCUT2D eigenvalue weighted by atomic mass is 9.88. The second-order valence-corrected chi connectivity index (χ2v) is 9.15. The molecule has 1 N–H and O–H groups in total. The molecule has 2 amide bonds. The molecule has 0 radical (unpaired) electrons. The number of amides is 2. The molecule has 1 aliphatic heterocycles. The minimum Gasteiger partial charge on any atom is -0.354 e. The lowest BCUT2D eigenvalue weighted by Crippen LogP contribution is -2.52. The Kier molecular flexibility index (Phi) is 6.23. The lowest BCUT2D eigenvalue weighted by molar-refractivity contribution is -0.136. The Labute approximate surface area is 177 Å². The van der Waals surface area contributed by atoms with E-state index in [1.807, 2.05) is 12.1 Å². The number of benzene rings is 1. The molecule has 1 heterocycles. The van der Waals surface area contributed by atoms with Crippen LogP contribution in [0.2, 0.25) is 5.02 Å². The molecule has 2 aliphatic carbocycles. The normalized spacial score (nSPS) is 22.0. The maximum Gasteiger partial charge on any atom is 0.275 e. The predicted octanol–water partition coefficient (Wildman–Crippen LogP) is 4.33. The SMILES string of the molecule is O=C(CN1C(=O)C(c2ccc(Cl)cc2)=NC12CCCCC2)NCC1CCCCC1. The third-order valence-corrected chi connectivity index (χ3v) is 6.91. The summed E-state index contributed by atoms with van der Waals surface area (Å²) in [6, 6.07) is 7.23. The molecular formula is C23H30ClN3O2. The van der Waals surface area contributed by atoms with Gasteiger partial charge in [0, 0.05) is 17.1 Å². The zero-order valence-electron chi connectivity index (χ0n) is 17.0. The first-order chi connectivity index (χ1) is 14.1. The maximum atomic E-state index is 13.3. The molecule has 1 spiro atoms. The van der Waals surface area contributed by atoms with E-state index in [-0.39, 0.29) is 18.4 Å². The molecule has 156 valence electrons. The van der Waals surface area contributed by atoms with Crippen LogP contribution in [-0.2, 0) is 9.59 Å². The van der Waals surface area contributed by atoms with Crippen LogP contribution in [0.25, 0.3) is 0 Å². The lowest BCUT2D eigenvalue weighted by Gasteiger charge is -2.38. The molecule has 0 saturated heterocycles. The van der Waals surface area contributed by atoms with Gasteiger partial charge in [0.2, 0.25) is 5.91 Å². The molecule has 3 aliphatic rings. The summed E-state index contributed by atoms with van der Waals surface area (Å²) in [5, 5.41) is 3.71. The number of carbonyl (C=O) groups is 2. The van der Waals surface area contributed by atoms with E-state index >= 15 is 0 Å². The molecule has 2 saturated carbocycles. The van der Waals surface area contributed by atoms with Gasteiger partial charge in [-0.3, -0.25) is 14.6 Å². The van der Waals surface area contributed by atoms with Crippen LogP contribution in [0.4, 0.5) is 0 Å². The fraction of sp³-hybridized carbons (Fsp3) is 0.609. The van der Waals surface area contributed by atoms with Gasteiger partial charge in [-0.1, -0.05) is 49.4 Å². The van der Waals surface area contributed by atoms with E-state index in [2.05, 4.69) is 5.32 Å². The number of carbonyl (C=O) groups excluding carboxylic acids is 2. The van der Waals surface area contributed by atoms with Crippen LogP contribution in [0.15, 0.2) is 29.3 Å². The van der Waals surface area contributed by atoms with Crippen molar-refractivity contribution in [2.45, 2.75) is 69.9 Å². The van der Waals surface area contributed by atoms with Gasteiger partial charge >= 0.3 is 0 Å². The number of hydrogen-bond donors (Lipinski definition) is 1. The second kappa shape index (κ2) is 8.86. The highest BCUT2D eigenvalue weighted by Gasteiger charge is 2.48. The number of nitrogens with zero attached hydrogens (tertiary/aromatic N) is 2. The highest BCUT2D eigenvalue weighted by molar-refractivity contribution is 6.47. The minimum absolute atomic E-state index is 0.0681. The molecule has 6 heteroatoms. The van der Waals surface area contributed by atoms with Crippen LogP contribution in [0.5, 0.6) is 0 Å². The molecule has 5 nitrogen and oxygen atoms in total. The van der Waals surface area contributed by atoms with Crippen molar-refractivity contribution in [2.24, 2.45) is 10.9 Å². The molecular weight excluding hydrogens is 386 g/mol. The monoisotopic (exact) mass is 415 g/mol. The molecule has 0 aromatic heterocycles. The Balaban J connectivity index is 1.48. The predicted molar refractivity (Wildman–Crippen MR) is 115 cm³/mol. The fourth-order valence-corrected chi connectivity index (χ4v) is 5.12. The first kappa shape index (κ1) is 20.4. The molecule has 0 bridgehead atoms. The van der Waals surface area contributed by atoms with Gasteiger partial charge in [0.05, 0.1) is 0 Å². The molecule has 1 aromatic rings. The van der Waals surface area contributed by atoms with Crippen LogP contribution in [-0.4, -0.2) is 41.2 Å². The van der Waals surface area contributed by atoms with E-state index in [4.69, 9.17) is 16.6 Å². The summed E-state index contributed by atoms with van der Waals surface area (Å²) in [6.07, 6.45) is 11.1. The zero-order chi connectivity index (χ0) is 20.3. The van der Waals surface area contributed by atoms with Gasteiger partial charge in [0.25, 0.3) is 5.91 Å². The average molecular weight is 416 g/mol. The summed E-state index contributed by atoms with van der Waals surface area (Å²) in [7, 11) is 0. The van der Waals surface area contributed by atoms with E-state index in [1.165, 1.54) is 32.1 Å². The van der Waals surface area contributed by atoms with Gasteiger partial charge in [-0.05, 0) is 56.6 Å². The molecule has 0 atom stereocenters. The summed E-state index contributed by atoms with van der Waals surface area (Å²) >= 11 is 6.01. The van der Waals surface area contributed by atoms with E-state index in [9.17, 15) is 9.59 Å². The standard InChI is InChI=1S/C23H30ClN3O2/c24-19-11-9-18(10-12-19)21-22(29)27(23(26-21)13-5-2-6-14-23)16-20(28)25-15-17-7-3-1-4-8-17/h9-12,17H,1-8,13-16H2,(H,25,28). The number of rotatable bonds is 5. The van der Waals surface area contributed by atoms with Crippen molar-refractivity contribution < 1.29 is 9.59 Å². The third kappa shape index (κ3) is 4.50. The quantitative estimate of drug-likeness (QED) is 0.778. The first-order valence-electron chi connectivity index (χ1n) is 11.0. The van der Waals surface area contributed by atoms with Crippen molar-refractivity contribution in [3.8, 4) is 0 Å². The van der Waals surface area contributed by atoms with Crippen molar-refractivity contribution >= 4 is 29.1 Å². The van der Waals surface area contributed by atoms with Gasteiger partial charge in [0.1, 0.15) is 17.9 Å². The van der Waals surface area contributed by atoms with E-state index in [1.54, 1.807) is 17.0 Å². The number of nitrogens with one attached hydrogen (secondary N) is 1. The fourth-order valence-electron chi connectivity index (χ4n) is 5.00. The molecule has 0 unspecified atom stereocenters. The Bertz CT molecular complexity index is 778. The Morgan fingerprint density at radius 1 is 1.07 bits per heavy atom. The average Bonchev–Trinajstić information content (AvgIpc) is 3.00. The number of halogens is 1. The summed E-state index contributed by atoms with van der Waals surface area (Å²) in [4.78, 5) is 32.7. The second-order valence-electron chi connectivity index (χ2n) is 8.71. The Morgan fingerprint density at radius 2 is 1.72 bits per heavy atom. The van der Waals surface area contributed by atoms with Crippen LogP contribution < -0.4 is 5.32 Å². The number of aliphatic imine (C=N–C) groups is 1. The van der Waals surface area contributed by atoms with Crippen molar-refractivity contribution in [3.05, 3.63) is 34.9 Å². The van der Waals surface area contributed by atoms with Crippen LogP contribution in [0.3, 0.4) is 0 Å². The third-order valence-electron chi connectivity index (χ3n) is 6.66. The molecule has 29 heavy (non-hydrogen) atoms. The van der Waals surface area contributed by atoms with Gasteiger partial charge in [0.15, 0.2) is 0 Å². The maximum absolute atomic E-state index is 13.3. The topological polar surface area (TPSA) is 61.8 Å². The smallest absolute Gasteiger partial charge is 0.275 e. The summed E-state index contributed by atoms with van der Waals surface area (Å²) < 4.78 is 0. The van der Waals surface area contributed by atoms with Crippen molar-refractivity contribution in [3.63, 3.8) is 0 Å². The van der Waals surface area contributed by atoms with Crippen molar-refractivity contribution in [1.82, 2.24) is 10.2 Å². The van der Waals surface area contributed by atoms with Crippen LogP contribution in [0.1, 0.15) is 69.8 Å². The van der Waals surface area contributed by atoms with Gasteiger partial charge in [-0.25, -0.2) is 0 Å². The Hall–Kier alpha value is -1.88. The van der Waals surface area contributed by atoms with Gasteiger partial charge in [-0.2, -0.15) is 0 Å². The van der Waals surface area contributed by atoms with Crippen molar-refractivity contribution in [2.75, 3.05) is 13.1 Å². The minimum atomic E-state index is -0.563.